The van der Waals surface area contributed by atoms with Crippen molar-refractivity contribution in [3.05, 3.63) is 77.9 Å². The molecule has 2 aromatic heterocycles. The van der Waals surface area contributed by atoms with Gasteiger partial charge in [0.25, 0.3) is 5.91 Å². The van der Waals surface area contributed by atoms with Gasteiger partial charge in [0.05, 0.1) is 11.6 Å². The Morgan fingerprint density at radius 2 is 2.12 bits per heavy atom. The minimum atomic E-state index is -0.586. The van der Waals surface area contributed by atoms with Gasteiger partial charge in [-0.3, -0.25) is 14.4 Å². The number of hydrogen-bond acceptors (Lipinski definition) is 5. The van der Waals surface area contributed by atoms with E-state index in [0.717, 1.165) is 35.7 Å². The number of piperidine rings is 1. The van der Waals surface area contributed by atoms with E-state index in [1.165, 1.54) is 12.1 Å². The zero-order chi connectivity index (χ0) is 23.7. The second kappa shape index (κ2) is 9.23. The van der Waals surface area contributed by atoms with Crippen LogP contribution in [0.15, 0.2) is 60.9 Å². The Morgan fingerprint density at radius 1 is 1.24 bits per heavy atom. The molecule has 0 unspecified atom stereocenters. The predicted octanol–water partition coefficient (Wildman–Crippen LogP) is 4.56. The Labute approximate surface area is 197 Å². The molecule has 174 valence electrons. The molecule has 0 spiro atoms. The Bertz CT molecular complexity index is 1340. The van der Waals surface area contributed by atoms with E-state index in [-0.39, 0.29) is 17.5 Å². The van der Waals surface area contributed by atoms with Crippen LogP contribution >= 0.6 is 0 Å². The van der Waals surface area contributed by atoms with Gasteiger partial charge in [0, 0.05) is 43.1 Å². The Balaban J connectivity index is 1.54. The quantitative estimate of drug-likeness (QED) is 0.459. The van der Waals surface area contributed by atoms with E-state index >= 15 is 4.39 Å². The van der Waals surface area contributed by atoms with Gasteiger partial charge in [0.15, 0.2) is 5.82 Å². The molecule has 1 amide bonds. The maximum absolute atomic E-state index is 15.3. The van der Waals surface area contributed by atoms with Crippen LogP contribution < -0.4 is 15.5 Å². The fraction of sp³-hybridized carbons (Fsp3) is 0.269. The molecular formula is C26H27FN6O. The van der Waals surface area contributed by atoms with Crippen LogP contribution in [-0.2, 0) is 7.05 Å². The highest BCUT2D eigenvalue weighted by molar-refractivity contribution is 6.11. The number of amides is 1. The summed E-state index contributed by atoms with van der Waals surface area (Å²) in [4.78, 5) is 20.2. The summed E-state index contributed by atoms with van der Waals surface area (Å²) < 4.78 is 17.0. The van der Waals surface area contributed by atoms with Gasteiger partial charge in [0.2, 0.25) is 0 Å². The molecule has 2 aromatic carbocycles. The van der Waals surface area contributed by atoms with E-state index in [2.05, 4.69) is 20.7 Å². The lowest BCUT2D eigenvalue weighted by atomic mass is 10.0. The average molecular weight is 459 g/mol. The van der Waals surface area contributed by atoms with Crippen LogP contribution in [0.3, 0.4) is 0 Å². The normalized spacial score (nSPS) is 15.9. The molecule has 0 radical (unpaired) electrons. The molecule has 3 heterocycles. The lowest BCUT2D eigenvalue weighted by Crippen LogP contribution is -2.49. The number of hydrogen-bond donors (Lipinski definition) is 2. The van der Waals surface area contributed by atoms with Gasteiger partial charge in [0.1, 0.15) is 11.6 Å². The standard InChI is InChI=1S/C26H27FN6O/c1-17-5-3-6-18-10-13-29-25(24(17)18)33(20-7-4-12-28-16-20)26(34)21-9-8-19(15-22(21)27)30-23-11-14-32(2)31-23/h3,5-6,8-11,13-15,20,28H,4,7,12,16H2,1-2H3,(H,30,31)/t20-/m1/s1. The number of anilines is 3. The van der Waals surface area contributed by atoms with Crippen LogP contribution in [0, 0.1) is 12.7 Å². The first-order valence-electron chi connectivity index (χ1n) is 11.5. The molecule has 0 aliphatic carbocycles. The van der Waals surface area contributed by atoms with Crippen molar-refractivity contribution in [2.75, 3.05) is 23.3 Å². The van der Waals surface area contributed by atoms with Crippen LogP contribution in [-0.4, -0.2) is 39.8 Å². The van der Waals surface area contributed by atoms with Gasteiger partial charge in [-0.1, -0.05) is 18.2 Å². The zero-order valence-electron chi connectivity index (χ0n) is 19.3. The highest BCUT2D eigenvalue weighted by atomic mass is 19.1. The number of pyridine rings is 1. The lowest BCUT2D eigenvalue weighted by Gasteiger charge is -2.35. The van der Waals surface area contributed by atoms with Gasteiger partial charge in [-0.15, -0.1) is 0 Å². The third-order valence-corrected chi connectivity index (χ3v) is 6.25. The zero-order valence-corrected chi connectivity index (χ0v) is 19.3. The SMILES string of the molecule is Cc1cccc2ccnc(N(C(=O)c3ccc(Nc4ccn(C)n4)cc3F)[C@@H]3CCCNC3)c12. The fourth-order valence-electron chi connectivity index (χ4n) is 4.58. The van der Waals surface area contributed by atoms with E-state index in [1.807, 2.05) is 38.2 Å². The number of aryl methyl sites for hydroxylation is 2. The van der Waals surface area contributed by atoms with Gasteiger partial charge >= 0.3 is 0 Å². The number of aromatic nitrogens is 3. The predicted molar refractivity (Wildman–Crippen MR) is 132 cm³/mol. The molecule has 1 saturated heterocycles. The average Bonchev–Trinajstić information content (AvgIpc) is 3.24. The molecule has 1 aliphatic heterocycles. The van der Waals surface area contributed by atoms with E-state index < -0.39 is 5.82 Å². The Hall–Kier alpha value is -3.78. The van der Waals surface area contributed by atoms with Crippen LogP contribution in [0.4, 0.5) is 21.7 Å². The molecule has 1 fully saturated rings. The first-order chi connectivity index (χ1) is 16.5. The number of nitrogens with zero attached hydrogens (tertiary/aromatic N) is 4. The summed E-state index contributed by atoms with van der Waals surface area (Å²) >= 11 is 0. The molecule has 2 N–H and O–H groups in total. The largest absolute Gasteiger partial charge is 0.339 e. The minimum absolute atomic E-state index is 0.0181. The summed E-state index contributed by atoms with van der Waals surface area (Å²) in [5.41, 5.74) is 1.57. The molecule has 1 atom stereocenters. The van der Waals surface area contributed by atoms with Gasteiger partial charge in [-0.25, -0.2) is 9.37 Å². The molecule has 5 rings (SSSR count). The van der Waals surface area contributed by atoms with Crippen LogP contribution in [0.5, 0.6) is 0 Å². The summed E-state index contributed by atoms with van der Waals surface area (Å²) in [6.45, 7) is 3.55. The molecule has 7 nitrogen and oxygen atoms in total. The topological polar surface area (TPSA) is 75.1 Å². The Kier molecular flexibility index (Phi) is 5.98. The maximum atomic E-state index is 15.3. The van der Waals surface area contributed by atoms with Crippen LogP contribution in [0.1, 0.15) is 28.8 Å². The summed E-state index contributed by atoms with van der Waals surface area (Å²) in [6.07, 6.45) is 5.27. The van der Waals surface area contributed by atoms with E-state index in [4.69, 9.17) is 0 Å². The van der Waals surface area contributed by atoms with Gasteiger partial charge in [-0.05, 0) is 61.5 Å². The van der Waals surface area contributed by atoms with Crippen molar-refractivity contribution in [1.82, 2.24) is 20.1 Å². The number of fused-ring (bicyclic) bond motifs is 1. The van der Waals surface area contributed by atoms with Crippen molar-refractivity contribution >= 4 is 34.0 Å². The highest BCUT2D eigenvalue weighted by Crippen LogP contribution is 2.32. The molecule has 0 bridgehead atoms. The number of nitrogens with one attached hydrogen (secondary N) is 2. The molecular weight excluding hydrogens is 431 g/mol. The lowest BCUT2D eigenvalue weighted by molar-refractivity contribution is 0.0968. The smallest absolute Gasteiger partial charge is 0.262 e. The number of halogens is 1. The van der Waals surface area contributed by atoms with Crippen molar-refractivity contribution in [3.63, 3.8) is 0 Å². The first kappa shape index (κ1) is 22.0. The molecule has 8 heteroatoms. The number of carbonyl (C=O) groups excluding carboxylic acids is 1. The van der Waals surface area contributed by atoms with Crippen LogP contribution in [0.2, 0.25) is 0 Å². The molecule has 34 heavy (non-hydrogen) atoms. The second-order valence-corrected chi connectivity index (χ2v) is 8.68. The summed E-state index contributed by atoms with van der Waals surface area (Å²) in [6, 6.07) is 14.2. The number of benzene rings is 2. The molecule has 1 aliphatic rings. The fourth-order valence-corrected chi connectivity index (χ4v) is 4.58. The van der Waals surface area contributed by atoms with E-state index in [0.29, 0.717) is 23.9 Å². The second-order valence-electron chi connectivity index (χ2n) is 8.68. The van der Waals surface area contributed by atoms with Gasteiger partial charge in [-0.2, -0.15) is 5.10 Å². The van der Waals surface area contributed by atoms with Crippen molar-refractivity contribution < 1.29 is 9.18 Å². The van der Waals surface area contributed by atoms with E-state index in [1.54, 1.807) is 34.1 Å². The van der Waals surface area contributed by atoms with Crippen molar-refractivity contribution in [2.45, 2.75) is 25.8 Å². The van der Waals surface area contributed by atoms with Crippen molar-refractivity contribution in [1.29, 1.82) is 0 Å². The number of rotatable bonds is 5. The van der Waals surface area contributed by atoms with Crippen LogP contribution in [0.25, 0.3) is 10.8 Å². The van der Waals surface area contributed by atoms with Crippen molar-refractivity contribution in [2.24, 2.45) is 7.05 Å². The van der Waals surface area contributed by atoms with Gasteiger partial charge < -0.3 is 10.6 Å². The monoisotopic (exact) mass is 458 g/mol. The third-order valence-electron chi connectivity index (χ3n) is 6.25. The maximum Gasteiger partial charge on any atom is 0.262 e. The summed E-state index contributed by atoms with van der Waals surface area (Å²) in [5, 5.41) is 12.6. The number of carbonyl (C=O) groups is 1. The Morgan fingerprint density at radius 3 is 2.85 bits per heavy atom. The minimum Gasteiger partial charge on any atom is -0.339 e. The van der Waals surface area contributed by atoms with E-state index in [9.17, 15) is 4.79 Å². The molecule has 0 saturated carbocycles. The summed E-state index contributed by atoms with van der Waals surface area (Å²) in [7, 11) is 1.81. The highest BCUT2D eigenvalue weighted by Gasteiger charge is 2.31. The van der Waals surface area contributed by atoms with Crippen molar-refractivity contribution in [3.8, 4) is 0 Å². The molecule has 4 aromatic rings. The summed E-state index contributed by atoms with van der Waals surface area (Å²) in [5.74, 6) is 0.200. The third kappa shape index (κ3) is 4.24. The first-order valence-corrected chi connectivity index (χ1v) is 11.5.